The van der Waals surface area contributed by atoms with Crippen LogP contribution in [0, 0.1) is 0 Å². The van der Waals surface area contributed by atoms with Gasteiger partial charge in [0.2, 0.25) is 0 Å². The van der Waals surface area contributed by atoms with E-state index in [9.17, 15) is 0 Å². The predicted octanol–water partition coefficient (Wildman–Crippen LogP) is 2.99. The molecule has 0 aliphatic carbocycles. The molecule has 1 heterocycles. The normalized spacial score (nSPS) is 14.8. The molecule has 0 unspecified atom stereocenters. The summed E-state index contributed by atoms with van der Waals surface area (Å²) in [4.78, 5) is 4.45. The number of nitrogens with two attached hydrogens (primary N) is 1. The van der Waals surface area contributed by atoms with E-state index in [0.29, 0.717) is 0 Å². The molecule has 110 valence electrons. The van der Waals surface area contributed by atoms with E-state index in [1.165, 1.54) is 22.4 Å². The van der Waals surface area contributed by atoms with Crippen LogP contribution in [0.15, 0.2) is 36.4 Å². The number of likely N-dealkylation sites (N-methyl/N-ethyl adjacent to an activating group) is 1. The number of hydrogen-bond acceptors (Lipinski definition) is 3. The van der Waals surface area contributed by atoms with E-state index in [1.807, 2.05) is 0 Å². The van der Waals surface area contributed by atoms with Crippen LogP contribution in [0.3, 0.4) is 0 Å². The zero-order valence-corrected chi connectivity index (χ0v) is 13.1. The highest BCUT2D eigenvalue weighted by molar-refractivity contribution is 5.80. The lowest BCUT2D eigenvalue weighted by atomic mass is 9.92. The van der Waals surface area contributed by atoms with Crippen molar-refractivity contribution >= 4 is 11.4 Å². The Morgan fingerprint density at radius 3 is 2.43 bits per heavy atom. The van der Waals surface area contributed by atoms with Crippen molar-refractivity contribution in [3.63, 3.8) is 0 Å². The first-order valence-corrected chi connectivity index (χ1v) is 7.43. The highest BCUT2D eigenvalue weighted by Crippen LogP contribution is 2.34. The van der Waals surface area contributed by atoms with Crippen molar-refractivity contribution in [3.05, 3.63) is 47.5 Å². The van der Waals surface area contributed by atoms with Gasteiger partial charge in [0.1, 0.15) is 0 Å². The molecule has 0 aromatic heterocycles. The average molecular weight is 281 g/mol. The average Bonchev–Trinajstić information content (AvgIpc) is 2.47. The van der Waals surface area contributed by atoms with Gasteiger partial charge in [0.25, 0.3) is 0 Å². The largest absolute Gasteiger partial charge is 0.398 e. The third kappa shape index (κ3) is 2.61. The molecule has 1 aliphatic heterocycles. The lowest BCUT2D eigenvalue weighted by molar-refractivity contribution is 0.313. The Morgan fingerprint density at radius 1 is 1.05 bits per heavy atom. The Bertz CT molecular complexity index is 644. The van der Waals surface area contributed by atoms with Gasteiger partial charge in [-0.2, -0.15) is 0 Å². The van der Waals surface area contributed by atoms with Crippen molar-refractivity contribution in [3.8, 4) is 11.1 Å². The fourth-order valence-corrected chi connectivity index (χ4v) is 3.02. The van der Waals surface area contributed by atoms with Crippen LogP contribution in [0.2, 0.25) is 0 Å². The number of nitrogen functional groups attached to an aromatic ring is 1. The first-order chi connectivity index (χ1) is 10.1. The molecule has 0 saturated carbocycles. The summed E-state index contributed by atoms with van der Waals surface area (Å²) in [5, 5.41) is 0. The Balaban J connectivity index is 1.99. The quantitative estimate of drug-likeness (QED) is 0.859. The van der Waals surface area contributed by atoms with Gasteiger partial charge in [-0.15, -0.1) is 0 Å². The molecule has 1 aliphatic rings. The molecule has 0 fully saturated rings. The maximum absolute atomic E-state index is 6.45. The third-order valence-electron chi connectivity index (χ3n) is 4.33. The number of benzene rings is 2. The third-order valence-corrected chi connectivity index (χ3v) is 4.33. The minimum Gasteiger partial charge on any atom is -0.398 e. The van der Waals surface area contributed by atoms with Gasteiger partial charge in [-0.25, -0.2) is 0 Å². The minimum absolute atomic E-state index is 0.957. The van der Waals surface area contributed by atoms with Gasteiger partial charge in [-0.1, -0.05) is 24.3 Å². The van der Waals surface area contributed by atoms with Crippen molar-refractivity contribution in [1.29, 1.82) is 0 Å². The molecular weight excluding hydrogens is 258 g/mol. The summed E-state index contributed by atoms with van der Waals surface area (Å²) >= 11 is 0. The molecule has 3 nitrogen and oxygen atoms in total. The molecule has 3 rings (SSSR count). The number of nitrogens with zero attached hydrogens (tertiary/aromatic N) is 2. The molecule has 0 bridgehead atoms. The molecule has 3 heteroatoms. The second kappa shape index (κ2) is 5.41. The monoisotopic (exact) mass is 281 g/mol. The second-order valence-corrected chi connectivity index (χ2v) is 6.09. The maximum atomic E-state index is 6.45. The van der Waals surface area contributed by atoms with Crippen molar-refractivity contribution in [1.82, 2.24) is 4.90 Å². The van der Waals surface area contributed by atoms with Crippen LogP contribution in [0.4, 0.5) is 11.4 Å². The molecule has 2 aromatic rings. The summed E-state index contributed by atoms with van der Waals surface area (Å²) < 4.78 is 0. The van der Waals surface area contributed by atoms with Crippen LogP contribution in [0.25, 0.3) is 11.1 Å². The summed E-state index contributed by atoms with van der Waals surface area (Å²) in [7, 11) is 6.27. The standard InChI is InChI=1S/C18H23N3/c1-20(2)15-7-4-13(5-8-15)16-9-6-14-12-21(3)11-10-17(14)18(16)19/h4-9H,10-12,19H2,1-3H3. The van der Waals surface area contributed by atoms with Gasteiger partial charge in [-0.3, -0.25) is 0 Å². The molecule has 0 saturated heterocycles. The van der Waals surface area contributed by atoms with Gasteiger partial charge in [0, 0.05) is 44.1 Å². The van der Waals surface area contributed by atoms with E-state index < -0.39 is 0 Å². The molecular formula is C18H23N3. The topological polar surface area (TPSA) is 32.5 Å². The van der Waals surface area contributed by atoms with Crippen LogP contribution >= 0.6 is 0 Å². The smallest absolute Gasteiger partial charge is 0.0430 e. The lowest BCUT2D eigenvalue weighted by Gasteiger charge is -2.27. The number of fused-ring (bicyclic) bond motifs is 1. The molecule has 0 amide bonds. The molecule has 2 N–H and O–H groups in total. The molecule has 0 spiro atoms. The Morgan fingerprint density at radius 2 is 1.76 bits per heavy atom. The van der Waals surface area contributed by atoms with Crippen molar-refractivity contribution in [2.24, 2.45) is 0 Å². The van der Waals surface area contributed by atoms with Crippen molar-refractivity contribution in [2.45, 2.75) is 13.0 Å². The predicted molar refractivity (Wildman–Crippen MR) is 90.7 cm³/mol. The molecule has 2 aromatic carbocycles. The first-order valence-electron chi connectivity index (χ1n) is 7.43. The summed E-state index contributed by atoms with van der Waals surface area (Å²) in [6, 6.07) is 13.0. The summed E-state index contributed by atoms with van der Waals surface area (Å²) in [5.41, 5.74) is 13.7. The van der Waals surface area contributed by atoms with E-state index in [1.54, 1.807) is 0 Å². The van der Waals surface area contributed by atoms with Crippen molar-refractivity contribution in [2.75, 3.05) is 38.3 Å². The molecule has 0 radical (unpaired) electrons. The van der Waals surface area contributed by atoms with Crippen LogP contribution < -0.4 is 10.6 Å². The fraction of sp³-hybridized carbons (Fsp3) is 0.333. The Labute approximate surface area is 127 Å². The highest BCUT2D eigenvalue weighted by atomic mass is 15.1. The zero-order valence-electron chi connectivity index (χ0n) is 13.1. The van der Waals surface area contributed by atoms with Gasteiger partial charge in [0.15, 0.2) is 0 Å². The van der Waals surface area contributed by atoms with E-state index in [-0.39, 0.29) is 0 Å². The summed E-state index contributed by atoms with van der Waals surface area (Å²) in [5.74, 6) is 0. The van der Waals surface area contributed by atoms with Gasteiger partial charge >= 0.3 is 0 Å². The highest BCUT2D eigenvalue weighted by Gasteiger charge is 2.17. The van der Waals surface area contributed by atoms with Gasteiger partial charge < -0.3 is 15.5 Å². The first kappa shape index (κ1) is 14.0. The lowest BCUT2D eigenvalue weighted by Crippen LogP contribution is -2.27. The molecule has 21 heavy (non-hydrogen) atoms. The summed E-state index contributed by atoms with van der Waals surface area (Å²) in [6.07, 6.45) is 1.04. The summed E-state index contributed by atoms with van der Waals surface area (Å²) in [6.45, 7) is 2.08. The van der Waals surface area contributed by atoms with E-state index in [2.05, 4.69) is 67.3 Å². The van der Waals surface area contributed by atoms with Crippen molar-refractivity contribution < 1.29 is 0 Å². The van der Waals surface area contributed by atoms with Crippen LogP contribution in [-0.4, -0.2) is 32.6 Å². The molecule has 0 atom stereocenters. The maximum Gasteiger partial charge on any atom is 0.0430 e. The second-order valence-electron chi connectivity index (χ2n) is 6.09. The number of rotatable bonds is 2. The van der Waals surface area contributed by atoms with Crippen LogP contribution in [0.1, 0.15) is 11.1 Å². The number of hydrogen-bond donors (Lipinski definition) is 1. The minimum atomic E-state index is 0.957. The van der Waals surface area contributed by atoms with E-state index in [0.717, 1.165) is 30.8 Å². The Hall–Kier alpha value is -2.00. The fourth-order valence-electron chi connectivity index (χ4n) is 3.02. The zero-order chi connectivity index (χ0) is 15.0. The van der Waals surface area contributed by atoms with Crippen LogP contribution in [-0.2, 0) is 13.0 Å². The van der Waals surface area contributed by atoms with Gasteiger partial charge in [-0.05, 0) is 42.3 Å². The Kier molecular flexibility index (Phi) is 3.60. The number of anilines is 2. The van der Waals surface area contributed by atoms with Gasteiger partial charge in [0.05, 0.1) is 0 Å². The van der Waals surface area contributed by atoms with E-state index in [4.69, 9.17) is 5.73 Å². The van der Waals surface area contributed by atoms with Crippen LogP contribution in [0.5, 0.6) is 0 Å². The SMILES string of the molecule is CN1CCc2c(ccc(-c3ccc(N(C)C)cc3)c2N)C1. The van der Waals surface area contributed by atoms with E-state index >= 15 is 0 Å².